The van der Waals surface area contributed by atoms with Crippen molar-refractivity contribution in [1.82, 2.24) is 5.32 Å². The van der Waals surface area contributed by atoms with Crippen molar-refractivity contribution in [2.45, 2.75) is 38.1 Å². The van der Waals surface area contributed by atoms with Gasteiger partial charge in [-0.05, 0) is 37.1 Å². The molecule has 1 N–H and O–H groups in total. The van der Waals surface area contributed by atoms with Gasteiger partial charge in [0.1, 0.15) is 0 Å². The summed E-state index contributed by atoms with van der Waals surface area (Å²) < 4.78 is 25.9. The maximum Gasteiger partial charge on any atom is 0.159 e. The Bertz CT molecular complexity index is 344. The highest BCUT2D eigenvalue weighted by Gasteiger charge is 2.14. The van der Waals surface area contributed by atoms with E-state index in [4.69, 9.17) is 0 Å². The van der Waals surface area contributed by atoms with Crippen molar-refractivity contribution in [3.8, 4) is 0 Å². The summed E-state index contributed by atoms with van der Waals surface area (Å²) in [6.07, 6.45) is 5.82. The summed E-state index contributed by atoms with van der Waals surface area (Å²) in [6, 6.07) is 4.38. The topological polar surface area (TPSA) is 12.0 Å². The van der Waals surface area contributed by atoms with Crippen LogP contribution in [0.3, 0.4) is 0 Å². The van der Waals surface area contributed by atoms with Gasteiger partial charge in [0.05, 0.1) is 0 Å². The first-order valence-corrected chi connectivity index (χ1v) is 5.96. The zero-order chi connectivity index (χ0) is 11.4. The Morgan fingerprint density at radius 1 is 1.00 bits per heavy atom. The number of rotatable bonds is 1. The fourth-order valence-corrected chi connectivity index (χ4v) is 2.22. The minimum atomic E-state index is -0.769. The van der Waals surface area contributed by atoms with Crippen molar-refractivity contribution in [2.75, 3.05) is 6.54 Å². The zero-order valence-corrected chi connectivity index (χ0v) is 9.31. The maximum atomic E-state index is 13.1. The van der Waals surface area contributed by atoms with Crippen LogP contribution in [-0.2, 0) is 0 Å². The van der Waals surface area contributed by atoms with E-state index in [0.29, 0.717) is 0 Å². The van der Waals surface area contributed by atoms with Crippen LogP contribution in [-0.4, -0.2) is 6.54 Å². The molecular formula is C13H17F2N. The molecule has 1 nitrogen and oxygen atoms in total. The summed E-state index contributed by atoms with van der Waals surface area (Å²) in [4.78, 5) is 0. The Hall–Kier alpha value is -0.960. The van der Waals surface area contributed by atoms with E-state index in [2.05, 4.69) is 5.32 Å². The molecule has 0 bridgehead atoms. The molecule has 1 aromatic rings. The fourth-order valence-electron chi connectivity index (χ4n) is 2.22. The van der Waals surface area contributed by atoms with Crippen LogP contribution in [0.2, 0.25) is 0 Å². The molecule has 0 spiro atoms. The number of nitrogens with one attached hydrogen (secondary N) is 1. The van der Waals surface area contributed by atoms with Gasteiger partial charge in [0.15, 0.2) is 11.6 Å². The summed E-state index contributed by atoms with van der Waals surface area (Å²) in [5.74, 6) is -1.52. The quantitative estimate of drug-likeness (QED) is 0.770. The van der Waals surface area contributed by atoms with Gasteiger partial charge in [-0.15, -0.1) is 0 Å². The Morgan fingerprint density at radius 2 is 1.81 bits per heavy atom. The van der Waals surface area contributed by atoms with Gasteiger partial charge in [-0.1, -0.05) is 25.3 Å². The van der Waals surface area contributed by atoms with E-state index in [0.717, 1.165) is 24.9 Å². The van der Waals surface area contributed by atoms with Crippen LogP contribution < -0.4 is 5.32 Å². The highest BCUT2D eigenvalue weighted by atomic mass is 19.2. The van der Waals surface area contributed by atoms with E-state index < -0.39 is 11.6 Å². The van der Waals surface area contributed by atoms with E-state index in [1.165, 1.54) is 31.4 Å². The van der Waals surface area contributed by atoms with E-state index in [1.807, 2.05) is 0 Å². The number of hydrogen-bond donors (Lipinski definition) is 1. The molecule has 0 aliphatic carbocycles. The first kappa shape index (κ1) is 11.5. The minimum absolute atomic E-state index is 0.176. The number of benzene rings is 1. The van der Waals surface area contributed by atoms with Crippen molar-refractivity contribution in [1.29, 1.82) is 0 Å². The van der Waals surface area contributed by atoms with Gasteiger partial charge in [0.25, 0.3) is 0 Å². The third-order valence-electron chi connectivity index (χ3n) is 3.16. The smallest absolute Gasteiger partial charge is 0.159 e. The summed E-state index contributed by atoms with van der Waals surface area (Å²) in [5.41, 5.74) is 0.862. The molecule has 2 rings (SSSR count). The standard InChI is InChI=1S/C13H17F2N/c14-11-7-6-10(9-12(11)15)13-5-3-1-2-4-8-16-13/h6-7,9,13,16H,1-5,8H2. The molecule has 1 aliphatic rings. The molecule has 1 saturated heterocycles. The highest BCUT2D eigenvalue weighted by Crippen LogP contribution is 2.23. The molecule has 0 saturated carbocycles. The Labute approximate surface area is 94.9 Å². The zero-order valence-electron chi connectivity index (χ0n) is 9.31. The van der Waals surface area contributed by atoms with E-state index in [-0.39, 0.29) is 6.04 Å². The predicted molar refractivity (Wildman–Crippen MR) is 60.2 cm³/mol. The second-order valence-corrected chi connectivity index (χ2v) is 4.38. The molecule has 1 heterocycles. The van der Waals surface area contributed by atoms with Gasteiger partial charge in [-0.3, -0.25) is 0 Å². The minimum Gasteiger partial charge on any atom is -0.310 e. The summed E-state index contributed by atoms with van der Waals surface area (Å²) in [6.45, 7) is 0.962. The van der Waals surface area contributed by atoms with Crippen LogP contribution in [0, 0.1) is 11.6 Å². The van der Waals surface area contributed by atoms with Crippen molar-refractivity contribution < 1.29 is 8.78 Å². The van der Waals surface area contributed by atoms with Gasteiger partial charge in [0.2, 0.25) is 0 Å². The third-order valence-corrected chi connectivity index (χ3v) is 3.16. The lowest BCUT2D eigenvalue weighted by molar-refractivity contribution is 0.423. The van der Waals surface area contributed by atoms with Crippen molar-refractivity contribution >= 4 is 0 Å². The average molecular weight is 225 g/mol. The number of halogens is 2. The third kappa shape index (κ3) is 2.79. The molecule has 0 amide bonds. The average Bonchev–Trinajstić information content (AvgIpc) is 2.22. The normalized spacial score (nSPS) is 22.5. The summed E-state index contributed by atoms with van der Waals surface area (Å²) >= 11 is 0. The molecule has 1 aliphatic heterocycles. The highest BCUT2D eigenvalue weighted by molar-refractivity contribution is 5.21. The monoisotopic (exact) mass is 225 g/mol. The Kier molecular flexibility index (Phi) is 3.88. The Morgan fingerprint density at radius 3 is 2.62 bits per heavy atom. The second kappa shape index (κ2) is 5.39. The lowest BCUT2D eigenvalue weighted by Gasteiger charge is -2.21. The predicted octanol–water partition coefficient (Wildman–Crippen LogP) is 3.56. The van der Waals surface area contributed by atoms with Crippen molar-refractivity contribution in [3.63, 3.8) is 0 Å². The second-order valence-electron chi connectivity index (χ2n) is 4.38. The molecule has 0 aromatic heterocycles. The van der Waals surface area contributed by atoms with Crippen molar-refractivity contribution in [2.24, 2.45) is 0 Å². The molecule has 1 fully saturated rings. The lowest BCUT2D eigenvalue weighted by atomic mass is 9.97. The molecule has 16 heavy (non-hydrogen) atoms. The summed E-state index contributed by atoms with van der Waals surface area (Å²) in [7, 11) is 0. The molecule has 1 atom stereocenters. The molecule has 3 heteroatoms. The molecule has 0 radical (unpaired) electrons. The lowest BCUT2D eigenvalue weighted by Crippen LogP contribution is -2.24. The van der Waals surface area contributed by atoms with E-state index in [1.54, 1.807) is 6.07 Å². The van der Waals surface area contributed by atoms with Crippen LogP contribution in [0.25, 0.3) is 0 Å². The first-order valence-electron chi connectivity index (χ1n) is 5.96. The van der Waals surface area contributed by atoms with E-state index >= 15 is 0 Å². The van der Waals surface area contributed by atoms with Crippen LogP contribution in [0.4, 0.5) is 8.78 Å². The van der Waals surface area contributed by atoms with Gasteiger partial charge in [0, 0.05) is 6.04 Å². The molecule has 1 unspecified atom stereocenters. The largest absolute Gasteiger partial charge is 0.310 e. The SMILES string of the molecule is Fc1ccc(C2CCCCCCN2)cc1F. The Balaban J connectivity index is 2.11. The van der Waals surface area contributed by atoms with E-state index in [9.17, 15) is 8.78 Å². The molecular weight excluding hydrogens is 208 g/mol. The molecule has 1 aromatic carbocycles. The van der Waals surface area contributed by atoms with Crippen LogP contribution in [0.5, 0.6) is 0 Å². The van der Waals surface area contributed by atoms with Gasteiger partial charge in [-0.25, -0.2) is 8.78 Å². The van der Waals surface area contributed by atoms with Crippen LogP contribution >= 0.6 is 0 Å². The first-order chi connectivity index (χ1) is 7.77. The summed E-state index contributed by atoms with van der Waals surface area (Å²) in [5, 5.41) is 3.40. The van der Waals surface area contributed by atoms with Gasteiger partial charge in [-0.2, -0.15) is 0 Å². The van der Waals surface area contributed by atoms with Gasteiger partial charge < -0.3 is 5.32 Å². The van der Waals surface area contributed by atoms with Gasteiger partial charge >= 0.3 is 0 Å². The van der Waals surface area contributed by atoms with Crippen LogP contribution in [0.15, 0.2) is 18.2 Å². The van der Waals surface area contributed by atoms with Crippen LogP contribution in [0.1, 0.15) is 43.7 Å². The maximum absolute atomic E-state index is 13.1. The van der Waals surface area contributed by atoms with Crippen molar-refractivity contribution in [3.05, 3.63) is 35.4 Å². The number of hydrogen-bond acceptors (Lipinski definition) is 1. The molecule has 88 valence electrons. The fraction of sp³-hybridized carbons (Fsp3) is 0.538.